The van der Waals surface area contributed by atoms with Crippen LogP contribution in [0.5, 0.6) is 0 Å². The molecule has 0 aliphatic heterocycles. The SMILES string of the molecule is CCc1nc2ccc(Br)cc2c(=O)n1N=Cc1cc(C)n(-c2ccc(C(=O)OC)cc2)c1C. The third kappa shape index (κ3) is 4.26. The lowest BCUT2D eigenvalue weighted by Crippen LogP contribution is -2.22. The first kappa shape index (κ1) is 22.7. The first-order chi connectivity index (χ1) is 15.8. The molecular weight excluding hydrogens is 484 g/mol. The van der Waals surface area contributed by atoms with Crippen LogP contribution >= 0.6 is 15.9 Å². The van der Waals surface area contributed by atoms with Crippen molar-refractivity contribution in [1.82, 2.24) is 14.2 Å². The number of aromatic nitrogens is 3. The van der Waals surface area contributed by atoms with Crippen LogP contribution < -0.4 is 5.56 Å². The van der Waals surface area contributed by atoms with Crippen molar-refractivity contribution in [3.63, 3.8) is 0 Å². The van der Waals surface area contributed by atoms with Gasteiger partial charge in [-0.2, -0.15) is 9.78 Å². The molecule has 0 saturated carbocycles. The maximum atomic E-state index is 13.1. The van der Waals surface area contributed by atoms with Crippen molar-refractivity contribution < 1.29 is 9.53 Å². The van der Waals surface area contributed by atoms with Crippen LogP contribution in [-0.2, 0) is 11.2 Å². The second kappa shape index (κ2) is 9.15. The van der Waals surface area contributed by atoms with Crippen molar-refractivity contribution in [2.45, 2.75) is 27.2 Å². The Balaban J connectivity index is 1.75. The van der Waals surface area contributed by atoms with Crippen LogP contribution in [0.3, 0.4) is 0 Å². The summed E-state index contributed by atoms with van der Waals surface area (Å²) in [5, 5.41) is 5.02. The molecule has 0 aliphatic carbocycles. The Labute approximate surface area is 199 Å². The zero-order valence-corrected chi connectivity index (χ0v) is 20.4. The Bertz CT molecular complexity index is 1450. The highest BCUT2D eigenvalue weighted by Crippen LogP contribution is 2.21. The van der Waals surface area contributed by atoms with E-state index in [0.717, 1.165) is 27.1 Å². The normalized spacial score (nSPS) is 11.4. The summed E-state index contributed by atoms with van der Waals surface area (Å²) in [7, 11) is 1.36. The summed E-state index contributed by atoms with van der Waals surface area (Å²) in [5.41, 5.74) is 4.70. The number of nitrogens with zero attached hydrogens (tertiary/aromatic N) is 4. The number of methoxy groups -OCH3 is 1. The molecule has 2 aromatic carbocycles. The Morgan fingerprint density at radius 3 is 2.55 bits per heavy atom. The van der Waals surface area contributed by atoms with Gasteiger partial charge in [0.15, 0.2) is 0 Å². The maximum Gasteiger partial charge on any atom is 0.337 e. The first-order valence-corrected chi connectivity index (χ1v) is 11.3. The molecule has 8 heteroatoms. The van der Waals surface area contributed by atoms with Gasteiger partial charge in [0, 0.05) is 33.5 Å². The molecule has 0 aliphatic rings. The molecule has 0 unspecified atom stereocenters. The second-order valence-electron chi connectivity index (χ2n) is 7.60. The summed E-state index contributed by atoms with van der Waals surface area (Å²) in [6.45, 7) is 5.93. The molecule has 0 radical (unpaired) electrons. The van der Waals surface area contributed by atoms with Gasteiger partial charge in [0.2, 0.25) is 0 Å². The quantitative estimate of drug-likeness (QED) is 0.287. The van der Waals surface area contributed by atoms with Gasteiger partial charge in [-0.05, 0) is 62.4 Å². The smallest absolute Gasteiger partial charge is 0.337 e. The Morgan fingerprint density at radius 2 is 1.88 bits per heavy atom. The van der Waals surface area contributed by atoms with Crippen LogP contribution in [0, 0.1) is 13.8 Å². The maximum absolute atomic E-state index is 13.1. The fourth-order valence-electron chi connectivity index (χ4n) is 3.84. The Hall–Kier alpha value is -3.52. The standard InChI is InChI=1S/C25H23BrN4O3/c1-5-23-28-22-11-8-19(26)13-21(22)24(31)30(23)27-14-18-12-15(2)29(16(18)3)20-9-6-17(7-10-20)25(32)33-4/h6-14H,5H2,1-4H3. The van der Waals surface area contributed by atoms with Gasteiger partial charge in [-0.3, -0.25) is 4.79 Å². The molecule has 0 fully saturated rings. The largest absolute Gasteiger partial charge is 0.465 e. The monoisotopic (exact) mass is 506 g/mol. The molecule has 168 valence electrons. The molecule has 0 spiro atoms. The minimum Gasteiger partial charge on any atom is -0.465 e. The van der Waals surface area contributed by atoms with Crippen molar-refractivity contribution in [2.24, 2.45) is 5.10 Å². The van der Waals surface area contributed by atoms with E-state index >= 15 is 0 Å². The van der Waals surface area contributed by atoms with Crippen LogP contribution in [0.15, 0.2) is 62.9 Å². The topological polar surface area (TPSA) is 78.5 Å². The molecule has 0 saturated heterocycles. The number of benzene rings is 2. The number of carbonyl (C=O) groups is 1. The third-order valence-corrected chi connectivity index (χ3v) is 6.01. The van der Waals surface area contributed by atoms with Crippen LogP contribution in [0.25, 0.3) is 16.6 Å². The molecule has 4 aromatic rings. The fourth-order valence-corrected chi connectivity index (χ4v) is 4.20. The molecular formula is C25H23BrN4O3. The van der Waals surface area contributed by atoms with E-state index in [2.05, 4.69) is 30.6 Å². The van der Waals surface area contributed by atoms with Gasteiger partial charge >= 0.3 is 5.97 Å². The summed E-state index contributed by atoms with van der Waals surface area (Å²) in [6, 6.07) is 14.7. The first-order valence-electron chi connectivity index (χ1n) is 10.5. The number of esters is 1. The molecule has 4 rings (SSSR count). The van der Waals surface area contributed by atoms with Gasteiger partial charge in [0.25, 0.3) is 5.56 Å². The van der Waals surface area contributed by atoms with Crippen LogP contribution in [0.2, 0.25) is 0 Å². The molecule has 0 amide bonds. The fraction of sp³-hybridized carbons (Fsp3) is 0.200. The Morgan fingerprint density at radius 1 is 1.15 bits per heavy atom. The van der Waals surface area contributed by atoms with E-state index in [1.165, 1.54) is 11.8 Å². The van der Waals surface area contributed by atoms with Crippen LogP contribution in [0.4, 0.5) is 0 Å². The minimum atomic E-state index is -0.372. The number of hydrogen-bond acceptors (Lipinski definition) is 5. The van der Waals surface area contributed by atoms with Gasteiger partial charge in [-0.15, -0.1) is 0 Å². The lowest BCUT2D eigenvalue weighted by atomic mass is 10.2. The zero-order chi connectivity index (χ0) is 23.7. The van der Waals surface area contributed by atoms with E-state index in [4.69, 9.17) is 4.74 Å². The van der Waals surface area contributed by atoms with Gasteiger partial charge in [0.1, 0.15) is 5.82 Å². The minimum absolute atomic E-state index is 0.207. The number of rotatable bonds is 5. The molecule has 33 heavy (non-hydrogen) atoms. The molecule has 2 heterocycles. The number of halogens is 1. The lowest BCUT2D eigenvalue weighted by Gasteiger charge is -2.10. The second-order valence-corrected chi connectivity index (χ2v) is 8.52. The van der Waals surface area contributed by atoms with Crippen molar-refractivity contribution in [3.8, 4) is 5.69 Å². The van der Waals surface area contributed by atoms with E-state index in [9.17, 15) is 9.59 Å². The molecule has 0 N–H and O–H groups in total. The molecule has 2 aromatic heterocycles. The summed E-state index contributed by atoms with van der Waals surface area (Å²) in [5.74, 6) is 0.224. The van der Waals surface area contributed by atoms with Crippen molar-refractivity contribution >= 4 is 39.0 Å². The van der Waals surface area contributed by atoms with E-state index in [0.29, 0.717) is 28.7 Å². The number of fused-ring (bicyclic) bond motifs is 1. The van der Waals surface area contributed by atoms with Crippen molar-refractivity contribution in [2.75, 3.05) is 7.11 Å². The van der Waals surface area contributed by atoms with Crippen LogP contribution in [0.1, 0.15) is 40.1 Å². The predicted molar refractivity (Wildman–Crippen MR) is 133 cm³/mol. The molecule has 7 nitrogen and oxygen atoms in total. The van der Waals surface area contributed by atoms with Crippen molar-refractivity contribution in [3.05, 3.63) is 91.7 Å². The van der Waals surface area contributed by atoms with Gasteiger partial charge in [-0.25, -0.2) is 9.78 Å². The van der Waals surface area contributed by atoms with Crippen molar-refractivity contribution in [1.29, 1.82) is 0 Å². The highest BCUT2D eigenvalue weighted by atomic mass is 79.9. The predicted octanol–water partition coefficient (Wildman–Crippen LogP) is 4.80. The average Bonchev–Trinajstić information content (AvgIpc) is 3.11. The number of aryl methyl sites for hydroxylation is 2. The van der Waals surface area contributed by atoms with E-state index in [-0.39, 0.29) is 11.5 Å². The summed E-state index contributed by atoms with van der Waals surface area (Å²) in [6.07, 6.45) is 2.26. The van der Waals surface area contributed by atoms with Gasteiger partial charge in [-0.1, -0.05) is 22.9 Å². The Kier molecular flexibility index (Phi) is 6.29. The lowest BCUT2D eigenvalue weighted by molar-refractivity contribution is 0.0600. The summed E-state index contributed by atoms with van der Waals surface area (Å²) in [4.78, 5) is 29.5. The van der Waals surface area contributed by atoms with Crippen LogP contribution in [-0.4, -0.2) is 33.5 Å². The summed E-state index contributed by atoms with van der Waals surface area (Å²) >= 11 is 3.42. The molecule has 0 atom stereocenters. The van der Waals surface area contributed by atoms with E-state index < -0.39 is 0 Å². The summed E-state index contributed by atoms with van der Waals surface area (Å²) < 4.78 is 9.02. The van der Waals surface area contributed by atoms with Gasteiger partial charge < -0.3 is 9.30 Å². The van der Waals surface area contributed by atoms with Gasteiger partial charge in [0.05, 0.1) is 29.8 Å². The number of ether oxygens (including phenoxy) is 1. The third-order valence-electron chi connectivity index (χ3n) is 5.52. The molecule has 0 bridgehead atoms. The number of hydrogen-bond donors (Lipinski definition) is 0. The average molecular weight is 507 g/mol. The highest BCUT2D eigenvalue weighted by molar-refractivity contribution is 9.10. The van der Waals surface area contributed by atoms with E-state index in [1.807, 2.05) is 51.1 Å². The number of carbonyl (C=O) groups excluding carboxylic acids is 1. The van der Waals surface area contributed by atoms with E-state index in [1.54, 1.807) is 24.4 Å². The highest BCUT2D eigenvalue weighted by Gasteiger charge is 2.13. The zero-order valence-electron chi connectivity index (χ0n) is 18.8.